The molecule has 3 heterocycles. The number of benzene rings is 2. The Morgan fingerprint density at radius 1 is 1.12 bits per heavy atom. The highest BCUT2D eigenvalue weighted by atomic mass is 32.1. The van der Waals surface area contributed by atoms with Crippen LogP contribution in [0.15, 0.2) is 81.0 Å². The molecule has 1 aliphatic heterocycles. The molecule has 0 radical (unpaired) electrons. The van der Waals surface area contributed by atoms with Gasteiger partial charge in [0, 0.05) is 4.88 Å². The fourth-order valence-electron chi connectivity index (χ4n) is 4.09. The monoisotopic (exact) mass is 474 g/mol. The molecule has 5 rings (SSSR count). The molecular formula is C26H22N2O3S2. The van der Waals surface area contributed by atoms with Crippen LogP contribution < -0.4 is 14.9 Å². The summed E-state index contributed by atoms with van der Waals surface area (Å²) >= 11 is 2.85. The first-order valence-electron chi connectivity index (χ1n) is 10.7. The second-order valence-corrected chi connectivity index (χ2v) is 10.1. The summed E-state index contributed by atoms with van der Waals surface area (Å²) < 4.78 is 7.74. The van der Waals surface area contributed by atoms with E-state index in [2.05, 4.69) is 23.2 Å². The zero-order valence-electron chi connectivity index (χ0n) is 18.4. The van der Waals surface area contributed by atoms with Crippen molar-refractivity contribution in [1.82, 2.24) is 4.57 Å². The molecule has 33 heavy (non-hydrogen) atoms. The smallest absolute Gasteiger partial charge is 0.338 e. The van der Waals surface area contributed by atoms with Crippen LogP contribution in [0, 0.1) is 0 Å². The maximum Gasteiger partial charge on any atom is 0.338 e. The number of carbonyl (C=O) groups excluding carboxylic acids is 1. The van der Waals surface area contributed by atoms with Gasteiger partial charge in [0.1, 0.15) is 6.04 Å². The fourth-order valence-corrected chi connectivity index (χ4v) is 5.95. The summed E-state index contributed by atoms with van der Waals surface area (Å²) in [5.74, 6) is -0.437. The second kappa shape index (κ2) is 8.57. The lowest BCUT2D eigenvalue weighted by Crippen LogP contribution is -2.39. The van der Waals surface area contributed by atoms with Crippen LogP contribution in [0.2, 0.25) is 0 Å². The number of hydrogen-bond acceptors (Lipinski definition) is 6. The molecule has 7 heteroatoms. The van der Waals surface area contributed by atoms with Gasteiger partial charge in [0.25, 0.3) is 5.56 Å². The average Bonchev–Trinajstić information content (AvgIpc) is 3.41. The van der Waals surface area contributed by atoms with Crippen molar-refractivity contribution in [3.05, 3.63) is 101 Å². The second-order valence-electron chi connectivity index (χ2n) is 8.12. The molecule has 1 aliphatic rings. The number of aromatic nitrogens is 1. The Labute approximate surface area is 198 Å². The lowest BCUT2D eigenvalue weighted by Gasteiger charge is -2.24. The molecule has 0 bridgehead atoms. The zero-order chi connectivity index (χ0) is 23.1. The Bertz CT molecular complexity index is 1570. The van der Waals surface area contributed by atoms with Crippen molar-refractivity contribution >= 4 is 45.5 Å². The number of fused-ring (bicyclic) bond motifs is 2. The molecule has 0 amide bonds. The fraction of sp³-hybridized carbons (Fsp3) is 0.192. The van der Waals surface area contributed by atoms with Crippen molar-refractivity contribution in [3.63, 3.8) is 0 Å². The number of thiazole rings is 1. The number of ether oxygens (including phenoxy) is 1. The largest absolute Gasteiger partial charge is 0.459 e. The van der Waals surface area contributed by atoms with Crippen LogP contribution >= 0.6 is 22.7 Å². The van der Waals surface area contributed by atoms with Crippen LogP contribution in [0.4, 0.5) is 0 Å². The van der Waals surface area contributed by atoms with Crippen molar-refractivity contribution in [3.8, 4) is 0 Å². The van der Waals surface area contributed by atoms with E-state index in [1.165, 1.54) is 22.7 Å². The number of nitrogens with zero attached hydrogens (tertiary/aromatic N) is 2. The maximum absolute atomic E-state index is 13.7. The van der Waals surface area contributed by atoms with Crippen LogP contribution in [0.5, 0.6) is 0 Å². The van der Waals surface area contributed by atoms with Gasteiger partial charge in [0.05, 0.1) is 21.9 Å². The summed E-state index contributed by atoms with van der Waals surface area (Å²) in [5.41, 5.74) is 1.81. The summed E-state index contributed by atoms with van der Waals surface area (Å²) in [7, 11) is 0. The lowest BCUT2D eigenvalue weighted by atomic mass is 10.0. The zero-order valence-corrected chi connectivity index (χ0v) is 20.1. The predicted octanol–water partition coefficient (Wildman–Crippen LogP) is 4.40. The minimum absolute atomic E-state index is 0.160. The molecule has 0 fully saturated rings. The van der Waals surface area contributed by atoms with Crippen LogP contribution in [-0.2, 0) is 9.53 Å². The van der Waals surface area contributed by atoms with Gasteiger partial charge in [-0.3, -0.25) is 9.36 Å². The van der Waals surface area contributed by atoms with E-state index in [1.807, 2.05) is 61.7 Å². The van der Waals surface area contributed by atoms with E-state index in [1.54, 1.807) is 11.5 Å². The highest BCUT2D eigenvalue weighted by Gasteiger charge is 2.34. The predicted molar refractivity (Wildman–Crippen MR) is 133 cm³/mol. The average molecular weight is 475 g/mol. The van der Waals surface area contributed by atoms with Crippen LogP contribution in [0.3, 0.4) is 0 Å². The van der Waals surface area contributed by atoms with Gasteiger partial charge in [-0.1, -0.05) is 59.9 Å². The van der Waals surface area contributed by atoms with Crippen molar-refractivity contribution in [2.24, 2.45) is 4.99 Å². The van der Waals surface area contributed by atoms with Gasteiger partial charge in [0.15, 0.2) is 4.80 Å². The minimum atomic E-state index is -0.554. The molecule has 0 aliphatic carbocycles. The van der Waals surface area contributed by atoms with E-state index >= 15 is 0 Å². The third-order valence-corrected chi connectivity index (χ3v) is 7.41. The van der Waals surface area contributed by atoms with E-state index in [4.69, 9.17) is 4.74 Å². The maximum atomic E-state index is 13.7. The summed E-state index contributed by atoms with van der Waals surface area (Å²) in [4.78, 5) is 32.8. The lowest BCUT2D eigenvalue weighted by molar-refractivity contribution is -0.143. The quantitative estimate of drug-likeness (QED) is 0.412. The molecule has 0 N–H and O–H groups in total. The van der Waals surface area contributed by atoms with Gasteiger partial charge in [-0.2, -0.15) is 0 Å². The molecule has 1 atom stereocenters. The number of rotatable bonds is 4. The highest BCUT2D eigenvalue weighted by molar-refractivity contribution is 7.10. The molecule has 0 unspecified atom stereocenters. The number of hydrogen-bond donors (Lipinski definition) is 0. The molecule has 2 aromatic heterocycles. The summed E-state index contributed by atoms with van der Waals surface area (Å²) in [6, 6.07) is 17.5. The molecule has 0 spiro atoms. The van der Waals surface area contributed by atoms with E-state index in [-0.39, 0.29) is 11.7 Å². The van der Waals surface area contributed by atoms with Crippen LogP contribution in [0.1, 0.15) is 37.3 Å². The van der Waals surface area contributed by atoms with Gasteiger partial charge >= 0.3 is 5.97 Å². The van der Waals surface area contributed by atoms with Crippen molar-refractivity contribution < 1.29 is 9.53 Å². The number of allylic oxidation sites excluding steroid dienone is 1. The number of carbonyl (C=O) groups is 1. The molecule has 2 aromatic carbocycles. The summed E-state index contributed by atoms with van der Waals surface area (Å²) in [5, 5.41) is 4.14. The van der Waals surface area contributed by atoms with Gasteiger partial charge in [-0.05, 0) is 54.6 Å². The number of thiophene rings is 1. The van der Waals surface area contributed by atoms with Gasteiger partial charge in [-0.15, -0.1) is 11.3 Å². The Balaban J connectivity index is 1.73. The van der Waals surface area contributed by atoms with E-state index in [0.717, 1.165) is 21.2 Å². The minimum Gasteiger partial charge on any atom is -0.459 e. The normalized spacial score (nSPS) is 16.2. The number of esters is 1. The van der Waals surface area contributed by atoms with Gasteiger partial charge in [-0.25, -0.2) is 9.79 Å². The Morgan fingerprint density at radius 3 is 2.67 bits per heavy atom. The van der Waals surface area contributed by atoms with E-state index < -0.39 is 12.0 Å². The van der Waals surface area contributed by atoms with Crippen molar-refractivity contribution in [2.45, 2.75) is 32.9 Å². The highest BCUT2D eigenvalue weighted by Crippen LogP contribution is 2.33. The molecule has 166 valence electrons. The van der Waals surface area contributed by atoms with Crippen molar-refractivity contribution in [2.75, 3.05) is 0 Å². The Kier molecular flexibility index (Phi) is 5.60. The van der Waals surface area contributed by atoms with Crippen LogP contribution in [-0.4, -0.2) is 16.6 Å². The topological polar surface area (TPSA) is 60.7 Å². The van der Waals surface area contributed by atoms with Gasteiger partial charge in [0.2, 0.25) is 0 Å². The summed E-state index contributed by atoms with van der Waals surface area (Å²) in [6.45, 7) is 5.43. The Hall–Kier alpha value is -3.29. The Morgan fingerprint density at radius 2 is 1.91 bits per heavy atom. The molecular weight excluding hydrogens is 452 g/mol. The van der Waals surface area contributed by atoms with Gasteiger partial charge < -0.3 is 4.74 Å². The van der Waals surface area contributed by atoms with E-state index in [9.17, 15) is 9.59 Å². The molecule has 0 saturated carbocycles. The standard InChI is InChI=1S/C26H22N2O3S2/c1-15(2)31-25(30)22-16(3)27-26-28(23(22)20-12-7-13-32-20)24(29)21(33-26)14-18-10-6-9-17-8-4-5-11-19(17)18/h4-15,23H,1-3H3/b21-14-/t23-/m1/s1. The first kappa shape index (κ1) is 21.6. The molecule has 4 aromatic rings. The molecule has 5 nitrogen and oxygen atoms in total. The third-order valence-electron chi connectivity index (χ3n) is 5.51. The first-order chi connectivity index (χ1) is 15.9. The SMILES string of the molecule is CC1=C(C(=O)OC(C)C)[C@@H](c2cccs2)n2c(s/c(=C\c3cccc4ccccc34)c2=O)=N1. The first-order valence-corrected chi connectivity index (χ1v) is 12.4. The molecule has 0 saturated heterocycles. The van der Waals surface area contributed by atoms with Crippen molar-refractivity contribution in [1.29, 1.82) is 0 Å². The van der Waals surface area contributed by atoms with E-state index in [0.29, 0.717) is 20.6 Å². The summed E-state index contributed by atoms with van der Waals surface area (Å²) in [6.07, 6.45) is 1.65. The third kappa shape index (κ3) is 3.87. The van der Waals surface area contributed by atoms with Crippen LogP contribution in [0.25, 0.3) is 16.8 Å².